The first-order valence-corrected chi connectivity index (χ1v) is 7.97. The van der Waals surface area contributed by atoms with E-state index < -0.39 is 0 Å². The Morgan fingerprint density at radius 2 is 1.74 bits per heavy atom. The van der Waals surface area contributed by atoms with Crippen molar-refractivity contribution >= 4 is 0 Å². The third kappa shape index (κ3) is 5.38. The topological polar surface area (TPSA) is 38.7 Å². The number of aliphatic hydroxyl groups excluding tert-OH is 1. The highest BCUT2D eigenvalue weighted by molar-refractivity contribution is 4.78. The molecule has 0 aromatic heterocycles. The van der Waals surface area contributed by atoms with Crippen LogP contribution in [0.15, 0.2) is 0 Å². The van der Waals surface area contributed by atoms with Gasteiger partial charge in [0.05, 0.1) is 6.10 Å². The normalized spacial score (nSPS) is 33.0. The molecule has 0 aliphatic carbocycles. The summed E-state index contributed by atoms with van der Waals surface area (Å²) in [4.78, 5) is 4.86. The highest BCUT2D eigenvalue weighted by atomic mass is 16.3. The van der Waals surface area contributed by atoms with Crippen molar-refractivity contribution < 1.29 is 5.11 Å². The van der Waals surface area contributed by atoms with Gasteiger partial charge in [-0.25, -0.2) is 0 Å². The van der Waals surface area contributed by atoms with Gasteiger partial charge in [-0.05, 0) is 37.8 Å². The number of nitrogens with one attached hydrogen (secondary N) is 1. The van der Waals surface area contributed by atoms with Crippen LogP contribution in [-0.2, 0) is 0 Å². The third-order valence-electron chi connectivity index (χ3n) is 4.32. The SMILES string of the molecule is C[C@H]1C[C@H](C)CN(C[C@H](O)CN2CCCNCC2)C1. The molecule has 0 saturated carbocycles. The summed E-state index contributed by atoms with van der Waals surface area (Å²) in [5.74, 6) is 1.55. The Labute approximate surface area is 118 Å². The second-order valence-electron chi connectivity index (χ2n) is 6.72. The largest absolute Gasteiger partial charge is 0.390 e. The van der Waals surface area contributed by atoms with Crippen LogP contribution in [0.4, 0.5) is 0 Å². The fourth-order valence-corrected chi connectivity index (χ4v) is 3.68. The molecule has 2 aliphatic heterocycles. The van der Waals surface area contributed by atoms with Gasteiger partial charge >= 0.3 is 0 Å². The minimum Gasteiger partial charge on any atom is -0.390 e. The van der Waals surface area contributed by atoms with Crippen LogP contribution in [0.3, 0.4) is 0 Å². The van der Waals surface area contributed by atoms with E-state index in [1.165, 1.54) is 12.8 Å². The molecule has 19 heavy (non-hydrogen) atoms. The predicted molar refractivity (Wildman–Crippen MR) is 79.3 cm³/mol. The third-order valence-corrected chi connectivity index (χ3v) is 4.32. The molecule has 112 valence electrons. The summed E-state index contributed by atoms with van der Waals surface area (Å²) in [6.45, 7) is 13.0. The Bertz CT molecular complexity index is 244. The van der Waals surface area contributed by atoms with E-state index in [4.69, 9.17) is 0 Å². The second-order valence-corrected chi connectivity index (χ2v) is 6.72. The summed E-state index contributed by atoms with van der Waals surface area (Å²) in [6.07, 6.45) is 2.34. The monoisotopic (exact) mass is 269 g/mol. The molecule has 4 nitrogen and oxygen atoms in total. The maximum Gasteiger partial charge on any atom is 0.0793 e. The number of hydrogen-bond acceptors (Lipinski definition) is 4. The van der Waals surface area contributed by atoms with Crippen molar-refractivity contribution in [3.8, 4) is 0 Å². The first-order chi connectivity index (χ1) is 9.13. The molecule has 2 fully saturated rings. The highest BCUT2D eigenvalue weighted by Crippen LogP contribution is 2.20. The number of hydrogen-bond donors (Lipinski definition) is 2. The lowest BCUT2D eigenvalue weighted by atomic mass is 9.92. The Balaban J connectivity index is 1.72. The van der Waals surface area contributed by atoms with Gasteiger partial charge in [0, 0.05) is 39.3 Å². The number of piperidine rings is 1. The van der Waals surface area contributed by atoms with Crippen LogP contribution in [0.25, 0.3) is 0 Å². The first kappa shape index (κ1) is 15.2. The van der Waals surface area contributed by atoms with Crippen molar-refractivity contribution in [3.05, 3.63) is 0 Å². The van der Waals surface area contributed by atoms with Crippen molar-refractivity contribution in [3.63, 3.8) is 0 Å². The van der Waals surface area contributed by atoms with Crippen LogP contribution in [0, 0.1) is 11.8 Å². The lowest BCUT2D eigenvalue weighted by Gasteiger charge is -2.36. The minimum absolute atomic E-state index is 0.199. The summed E-state index contributed by atoms with van der Waals surface area (Å²) < 4.78 is 0. The Kier molecular flexibility index (Phi) is 6.07. The van der Waals surface area contributed by atoms with E-state index in [9.17, 15) is 5.11 Å². The molecule has 0 aromatic carbocycles. The molecule has 0 aromatic rings. The van der Waals surface area contributed by atoms with E-state index in [-0.39, 0.29) is 6.10 Å². The molecule has 0 spiro atoms. The Morgan fingerprint density at radius 1 is 1.05 bits per heavy atom. The van der Waals surface area contributed by atoms with E-state index in [0.29, 0.717) is 0 Å². The van der Waals surface area contributed by atoms with Gasteiger partial charge in [-0.3, -0.25) is 4.90 Å². The molecule has 0 unspecified atom stereocenters. The quantitative estimate of drug-likeness (QED) is 0.785. The van der Waals surface area contributed by atoms with Crippen molar-refractivity contribution in [1.82, 2.24) is 15.1 Å². The van der Waals surface area contributed by atoms with Gasteiger partial charge in [0.25, 0.3) is 0 Å². The Hall–Kier alpha value is -0.160. The smallest absolute Gasteiger partial charge is 0.0793 e. The molecule has 2 rings (SSSR count). The molecule has 3 atom stereocenters. The zero-order valence-electron chi connectivity index (χ0n) is 12.6. The number of nitrogens with zero attached hydrogens (tertiary/aromatic N) is 2. The van der Waals surface area contributed by atoms with E-state index in [1.54, 1.807) is 0 Å². The van der Waals surface area contributed by atoms with E-state index in [2.05, 4.69) is 29.0 Å². The van der Waals surface area contributed by atoms with E-state index in [0.717, 1.165) is 64.2 Å². The number of likely N-dealkylation sites (tertiary alicyclic amines) is 1. The molecule has 2 N–H and O–H groups in total. The fraction of sp³-hybridized carbons (Fsp3) is 1.00. The van der Waals surface area contributed by atoms with E-state index >= 15 is 0 Å². The zero-order valence-corrected chi connectivity index (χ0v) is 12.6. The van der Waals surface area contributed by atoms with Gasteiger partial charge in [0.2, 0.25) is 0 Å². The van der Waals surface area contributed by atoms with Crippen molar-refractivity contribution in [2.45, 2.75) is 32.8 Å². The molecule has 4 heteroatoms. The highest BCUT2D eigenvalue weighted by Gasteiger charge is 2.24. The van der Waals surface area contributed by atoms with Crippen molar-refractivity contribution in [1.29, 1.82) is 0 Å². The van der Waals surface area contributed by atoms with Gasteiger partial charge < -0.3 is 15.3 Å². The zero-order chi connectivity index (χ0) is 13.7. The average Bonchev–Trinajstić information content (AvgIpc) is 2.55. The molecule has 2 aliphatic rings. The maximum atomic E-state index is 10.3. The molecule has 2 saturated heterocycles. The molecule has 2 heterocycles. The number of rotatable bonds is 4. The lowest BCUT2D eigenvalue weighted by molar-refractivity contribution is 0.0487. The lowest BCUT2D eigenvalue weighted by Crippen LogP contribution is -2.46. The van der Waals surface area contributed by atoms with Crippen molar-refractivity contribution in [2.75, 3.05) is 52.4 Å². The van der Waals surface area contributed by atoms with Crippen LogP contribution in [0.5, 0.6) is 0 Å². The first-order valence-electron chi connectivity index (χ1n) is 7.97. The van der Waals surface area contributed by atoms with Gasteiger partial charge in [0.15, 0.2) is 0 Å². The van der Waals surface area contributed by atoms with Crippen molar-refractivity contribution in [2.24, 2.45) is 11.8 Å². The second kappa shape index (κ2) is 7.58. The molecular weight excluding hydrogens is 238 g/mol. The molecule has 0 amide bonds. The number of aliphatic hydroxyl groups is 1. The van der Waals surface area contributed by atoms with Crippen LogP contribution < -0.4 is 5.32 Å². The molecule has 0 bridgehead atoms. The Morgan fingerprint density at radius 3 is 2.47 bits per heavy atom. The molecule has 0 radical (unpaired) electrons. The average molecular weight is 269 g/mol. The maximum absolute atomic E-state index is 10.3. The van der Waals surface area contributed by atoms with Crippen LogP contribution >= 0.6 is 0 Å². The summed E-state index contributed by atoms with van der Waals surface area (Å²) in [7, 11) is 0. The minimum atomic E-state index is -0.199. The standard InChI is InChI=1S/C15H31N3O/c1-13-8-14(2)10-18(9-13)12-15(19)11-17-6-3-4-16-5-7-17/h13-16,19H,3-12H2,1-2H3/t13-,14-,15+/m0/s1. The van der Waals surface area contributed by atoms with Crippen LogP contribution in [-0.4, -0.2) is 73.4 Å². The predicted octanol–water partition coefficient (Wildman–Crippen LogP) is 0.621. The van der Waals surface area contributed by atoms with Gasteiger partial charge in [-0.1, -0.05) is 13.8 Å². The van der Waals surface area contributed by atoms with Crippen LogP contribution in [0.1, 0.15) is 26.7 Å². The summed E-state index contributed by atoms with van der Waals surface area (Å²) in [5, 5.41) is 13.7. The summed E-state index contributed by atoms with van der Waals surface area (Å²) >= 11 is 0. The fourth-order valence-electron chi connectivity index (χ4n) is 3.68. The van der Waals surface area contributed by atoms with Gasteiger partial charge in [0.1, 0.15) is 0 Å². The number of β-amino-alcohol motifs (C(OH)–C–C–N with tert-alkyl or cyclic N) is 1. The van der Waals surface area contributed by atoms with Crippen LogP contribution in [0.2, 0.25) is 0 Å². The summed E-state index contributed by atoms with van der Waals surface area (Å²) in [5.41, 5.74) is 0. The van der Waals surface area contributed by atoms with E-state index in [1.807, 2.05) is 0 Å². The molecular formula is C15H31N3O. The van der Waals surface area contributed by atoms with Gasteiger partial charge in [-0.2, -0.15) is 0 Å². The van der Waals surface area contributed by atoms with Gasteiger partial charge in [-0.15, -0.1) is 0 Å². The summed E-state index contributed by atoms with van der Waals surface area (Å²) in [6, 6.07) is 0.